The van der Waals surface area contributed by atoms with Crippen molar-refractivity contribution in [2.75, 3.05) is 5.32 Å². The van der Waals surface area contributed by atoms with E-state index in [1.165, 1.54) is 6.07 Å². The van der Waals surface area contributed by atoms with Crippen LogP contribution in [0.3, 0.4) is 0 Å². The van der Waals surface area contributed by atoms with Crippen LogP contribution in [0.4, 0.5) is 5.69 Å². The molecule has 0 aliphatic rings. The maximum absolute atomic E-state index is 12.3. The van der Waals surface area contributed by atoms with Gasteiger partial charge >= 0.3 is 5.63 Å². The molecular formula is C17H12BrNO3. The number of nitrogens with one attached hydrogen (secondary N) is 1. The fourth-order valence-electron chi connectivity index (χ4n) is 2.25. The predicted octanol–water partition coefficient (Wildman–Crippen LogP) is 4.12. The summed E-state index contributed by atoms with van der Waals surface area (Å²) >= 11 is 3.35. The average Bonchev–Trinajstić information content (AvgIpc) is 2.47. The summed E-state index contributed by atoms with van der Waals surface area (Å²) in [6.45, 7) is 1.85. The Balaban J connectivity index is 1.96. The number of hydrogen-bond donors (Lipinski definition) is 1. The minimum absolute atomic E-state index is 0.234. The van der Waals surface area contributed by atoms with E-state index in [1.807, 2.05) is 19.1 Å². The van der Waals surface area contributed by atoms with Gasteiger partial charge in [-0.05, 0) is 52.7 Å². The quantitative estimate of drug-likeness (QED) is 0.701. The summed E-state index contributed by atoms with van der Waals surface area (Å²) < 4.78 is 5.90. The van der Waals surface area contributed by atoms with Gasteiger partial charge in [-0.3, -0.25) is 4.79 Å². The van der Waals surface area contributed by atoms with Gasteiger partial charge in [0.25, 0.3) is 5.91 Å². The molecule has 3 aromatic rings. The maximum atomic E-state index is 12.3. The van der Waals surface area contributed by atoms with Crippen molar-refractivity contribution < 1.29 is 9.21 Å². The van der Waals surface area contributed by atoms with Crippen LogP contribution in [0.5, 0.6) is 0 Å². The van der Waals surface area contributed by atoms with Gasteiger partial charge in [0.2, 0.25) is 0 Å². The fraction of sp³-hybridized carbons (Fsp3) is 0.0588. The molecule has 1 aromatic heterocycles. The van der Waals surface area contributed by atoms with Crippen molar-refractivity contribution in [1.29, 1.82) is 0 Å². The number of rotatable bonds is 2. The number of amides is 1. The van der Waals surface area contributed by atoms with Crippen LogP contribution < -0.4 is 10.9 Å². The average molecular weight is 358 g/mol. The lowest BCUT2D eigenvalue weighted by molar-refractivity contribution is 0.102. The molecule has 1 amide bonds. The number of carbonyl (C=O) groups is 1. The zero-order valence-electron chi connectivity index (χ0n) is 11.7. The monoisotopic (exact) mass is 357 g/mol. The van der Waals surface area contributed by atoms with Crippen molar-refractivity contribution in [3.05, 3.63) is 74.6 Å². The van der Waals surface area contributed by atoms with Crippen LogP contribution in [0.25, 0.3) is 11.0 Å². The second-order valence-corrected chi connectivity index (χ2v) is 5.75. The molecule has 5 heteroatoms. The smallest absolute Gasteiger partial charge is 0.336 e. The number of halogens is 1. The van der Waals surface area contributed by atoms with Gasteiger partial charge in [-0.25, -0.2) is 4.79 Å². The lowest BCUT2D eigenvalue weighted by Crippen LogP contribution is -2.12. The van der Waals surface area contributed by atoms with Crippen molar-refractivity contribution >= 4 is 38.5 Å². The van der Waals surface area contributed by atoms with E-state index in [9.17, 15) is 9.59 Å². The summed E-state index contributed by atoms with van der Waals surface area (Å²) in [7, 11) is 0. The van der Waals surface area contributed by atoms with Crippen LogP contribution in [0, 0.1) is 6.92 Å². The van der Waals surface area contributed by atoms with Gasteiger partial charge in [0.15, 0.2) is 0 Å². The number of aryl methyl sites for hydroxylation is 1. The normalized spacial score (nSPS) is 10.6. The first-order chi connectivity index (χ1) is 10.5. The van der Waals surface area contributed by atoms with Gasteiger partial charge in [-0.15, -0.1) is 0 Å². The highest BCUT2D eigenvalue weighted by Crippen LogP contribution is 2.22. The summed E-state index contributed by atoms with van der Waals surface area (Å²) in [6, 6.07) is 13.9. The molecule has 0 bridgehead atoms. The lowest BCUT2D eigenvalue weighted by Gasteiger charge is -2.08. The van der Waals surface area contributed by atoms with E-state index >= 15 is 0 Å². The van der Waals surface area contributed by atoms with Gasteiger partial charge in [0.1, 0.15) is 5.58 Å². The van der Waals surface area contributed by atoms with Gasteiger partial charge in [-0.2, -0.15) is 0 Å². The van der Waals surface area contributed by atoms with Gasteiger partial charge in [0.05, 0.1) is 5.56 Å². The molecule has 3 rings (SSSR count). The van der Waals surface area contributed by atoms with Crippen LogP contribution in [0.15, 0.2) is 62.2 Å². The van der Waals surface area contributed by atoms with Gasteiger partial charge in [-0.1, -0.05) is 12.1 Å². The lowest BCUT2D eigenvalue weighted by atomic mass is 10.1. The van der Waals surface area contributed by atoms with E-state index < -0.39 is 5.63 Å². The van der Waals surface area contributed by atoms with Crippen LogP contribution in [0.2, 0.25) is 0 Å². The van der Waals surface area contributed by atoms with Crippen LogP contribution in [-0.2, 0) is 0 Å². The molecule has 0 saturated heterocycles. The van der Waals surface area contributed by atoms with Crippen molar-refractivity contribution in [2.24, 2.45) is 0 Å². The molecule has 110 valence electrons. The molecule has 0 radical (unpaired) electrons. The number of fused-ring (bicyclic) bond motifs is 1. The molecule has 0 unspecified atom stereocenters. The number of hydrogen-bond acceptors (Lipinski definition) is 3. The topological polar surface area (TPSA) is 59.3 Å². The van der Waals surface area contributed by atoms with Crippen LogP contribution in [0.1, 0.15) is 15.9 Å². The predicted molar refractivity (Wildman–Crippen MR) is 89.3 cm³/mol. The minimum Gasteiger partial charge on any atom is -0.423 e. The van der Waals surface area contributed by atoms with Crippen LogP contribution >= 0.6 is 15.9 Å². The first kappa shape index (κ1) is 14.5. The molecule has 0 aliphatic heterocycles. The highest BCUT2D eigenvalue weighted by molar-refractivity contribution is 9.10. The standard InChI is InChI=1S/C17H12BrNO3/c1-10-8-16(20)22-15-9-11(6-7-12(10)15)19-17(21)13-4-2-3-5-14(13)18/h2-9H,1H3,(H,19,21). The van der Waals surface area contributed by atoms with E-state index in [2.05, 4.69) is 21.2 Å². The Morgan fingerprint density at radius 1 is 1.14 bits per heavy atom. The van der Waals surface area contributed by atoms with Crippen LogP contribution in [-0.4, -0.2) is 5.91 Å². The van der Waals surface area contributed by atoms with E-state index in [0.29, 0.717) is 16.8 Å². The SMILES string of the molecule is Cc1cc(=O)oc2cc(NC(=O)c3ccccc3Br)ccc12. The largest absolute Gasteiger partial charge is 0.423 e. The molecule has 0 saturated carbocycles. The molecule has 22 heavy (non-hydrogen) atoms. The zero-order chi connectivity index (χ0) is 15.7. The Morgan fingerprint density at radius 3 is 2.68 bits per heavy atom. The van der Waals surface area contributed by atoms with Crippen molar-refractivity contribution in [1.82, 2.24) is 0 Å². The zero-order valence-corrected chi connectivity index (χ0v) is 13.3. The molecule has 0 aliphatic carbocycles. The Hall–Kier alpha value is -2.40. The summed E-state index contributed by atoms with van der Waals surface area (Å²) in [4.78, 5) is 23.7. The molecule has 0 atom stereocenters. The van der Waals surface area contributed by atoms with Crippen molar-refractivity contribution in [3.63, 3.8) is 0 Å². The number of anilines is 1. The molecular weight excluding hydrogens is 346 g/mol. The highest BCUT2D eigenvalue weighted by atomic mass is 79.9. The third-order valence-electron chi connectivity index (χ3n) is 3.33. The summed E-state index contributed by atoms with van der Waals surface area (Å²) in [6.07, 6.45) is 0. The molecule has 0 fully saturated rings. The molecule has 1 heterocycles. The first-order valence-corrected chi connectivity index (χ1v) is 7.44. The van der Waals surface area contributed by atoms with E-state index in [1.54, 1.807) is 30.3 Å². The minimum atomic E-state index is -0.403. The van der Waals surface area contributed by atoms with Crippen molar-refractivity contribution in [2.45, 2.75) is 6.92 Å². The summed E-state index contributed by atoms with van der Waals surface area (Å²) in [5.41, 5.74) is 2.00. The van der Waals surface area contributed by atoms with E-state index in [-0.39, 0.29) is 5.91 Å². The third kappa shape index (κ3) is 2.80. The fourth-order valence-corrected chi connectivity index (χ4v) is 2.71. The Labute approximate surface area is 134 Å². The van der Waals surface area contributed by atoms with E-state index in [4.69, 9.17) is 4.42 Å². The highest BCUT2D eigenvalue weighted by Gasteiger charge is 2.10. The number of benzene rings is 2. The summed E-state index contributed by atoms with van der Waals surface area (Å²) in [5.74, 6) is -0.234. The second kappa shape index (κ2) is 5.77. The molecule has 4 nitrogen and oxygen atoms in total. The Kier molecular flexibility index (Phi) is 3.81. The van der Waals surface area contributed by atoms with Gasteiger partial charge in [0, 0.05) is 27.7 Å². The Morgan fingerprint density at radius 2 is 1.91 bits per heavy atom. The first-order valence-electron chi connectivity index (χ1n) is 6.65. The maximum Gasteiger partial charge on any atom is 0.336 e. The molecule has 1 N–H and O–H groups in total. The number of carbonyl (C=O) groups excluding carboxylic acids is 1. The third-order valence-corrected chi connectivity index (χ3v) is 4.02. The Bertz CT molecular complexity index is 931. The van der Waals surface area contributed by atoms with Crippen molar-refractivity contribution in [3.8, 4) is 0 Å². The molecule has 0 spiro atoms. The van der Waals surface area contributed by atoms with E-state index in [0.717, 1.165) is 15.4 Å². The summed E-state index contributed by atoms with van der Waals surface area (Å²) in [5, 5.41) is 3.64. The van der Waals surface area contributed by atoms with Gasteiger partial charge < -0.3 is 9.73 Å². The second-order valence-electron chi connectivity index (χ2n) is 4.89. The molecule has 2 aromatic carbocycles.